The Morgan fingerprint density at radius 2 is 2.00 bits per heavy atom. The van der Waals surface area contributed by atoms with Gasteiger partial charge in [-0.15, -0.1) is 0 Å². The first kappa shape index (κ1) is 28.2. The zero-order valence-electron chi connectivity index (χ0n) is 22.6. The van der Waals surface area contributed by atoms with Crippen LogP contribution in [0.1, 0.15) is 55.0 Å². The average molecular weight is 531 g/mol. The van der Waals surface area contributed by atoms with Gasteiger partial charge in [0.05, 0.1) is 18.6 Å². The summed E-state index contributed by atoms with van der Waals surface area (Å²) < 4.78 is 48.5. The summed E-state index contributed by atoms with van der Waals surface area (Å²) in [4.78, 5) is 15.9. The maximum atomic E-state index is 15.7. The molecule has 0 radical (unpaired) electrons. The Morgan fingerprint density at radius 3 is 2.71 bits per heavy atom. The summed E-state index contributed by atoms with van der Waals surface area (Å²) in [7, 11) is 1.90. The molecular formula is C30H37F3N2O3. The highest BCUT2D eigenvalue weighted by Gasteiger charge is 2.41. The van der Waals surface area contributed by atoms with Crippen molar-refractivity contribution in [1.29, 1.82) is 0 Å². The Balaban J connectivity index is 1.73. The quantitative estimate of drug-likeness (QED) is 0.398. The molecule has 1 heterocycles. The number of carboxylic acids is 1. The van der Waals surface area contributed by atoms with Gasteiger partial charge in [-0.2, -0.15) is 0 Å². The van der Waals surface area contributed by atoms with Crippen LogP contribution >= 0.6 is 0 Å². The van der Waals surface area contributed by atoms with Gasteiger partial charge in [0.1, 0.15) is 24.0 Å². The van der Waals surface area contributed by atoms with E-state index in [1.54, 1.807) is 25.1 Å². The molecule has 5 nitrogen and oxygen atoms in total. The molecule has 8 heteroatoms. The maximum absolute atomic E-state index is 15.7. The van der Waals surface area contributed by atoms with Crippen LogP contribution in [0.25, 0.3) is 5.57 Å². The summed E-state index contributed by atoms with van der Waals surface area (Å²) in [5.74, 6) is -1.67. The Morgan fingerprint density at radius 1 is 1.24 bits per heavy atom. The van der Waals surface area contributed by atoms with Crippen LogP contribution in [0.4, 0.5) is 13.2 Å². The smallest absolute Gasteiger partial charge is 0.307 e. The highest BCUT2D eigenvalue weighted by molar-refractivity contribution is 5.79. The Bertz CT molecular complexity index is 1220. The van der Waals surface area contributed by atoms with Gasteiger partial charge < -0.3 is 14.7 Å². The third-order valence-electron chi connectivity index (χ3n) is 7.89. The minimum absolute atomic E-state index is 0.0812. The van der Waals surface area contributed by atoms with E-state index in [-0.39, 0.29) is 30.9 Å². The predicted molar refractivity (Wildman–Crippen MR) is 142 cm³/mol. The molecule has 2 aromatic rings. The number of rotatable bonds is 11. The largest absolute Gasteiger partial charge is 0.492 e. The number of fused-ring (bicyclic) bond motifs is 2. The Kier molecular flexibility index (Phi) is 8.83. The molecule has 0 saturated heterocycles. The van der Waals surface area contributed by atoms with Crippen molar-refractivity contribution in [2.45, 2.75) is 52.1 Å². The van der Waals surface area contributed by atoms with Gasteiger partial charge in [0, 0.05) is 31.2 Å². The highest BCUT2D eigenvalue weighted by Crippen LogP contribution is 2.50. The molecular weight excluding hydrogens is 493 g/mol. The Labute approximate surface area is 222 Å². The molecule has 1 N–H and O–H groups in total. The zero-order valence-corrected chi connectivity index (χ0v) is 22.6. The molecule has 0 bridgehead atoms. The van der Waals surface area contributed by atoms with E-state index in [4.69, 9.17) is 4.74 Å². The minimum Gasteiger partial charge on any atom is -0.492 e. The third-order valence-corrected chi connectivity index (χ3v) is 7.89. The second-order valence-corrected chi connectivity index (χ2v) is 10.7. The average Bonchev–Trinajstić information content (AvgIpc) is 3.22. The second-order valence-electron chi connectivity index (χ2n) is 10.7. The SMILES string of the molecule is Cc1c(OCCN(C)CCCF)ccc(F)c1[C@@H]1C2=C(C[C@@H](C)N1C[C@H](C)C(=O)O)c1cc(F)ccc1C2. The van der Waals surface area contributed by atoms with E-state index in [0.717, 1.165) is 22.3 Å². The first-order chi connectivity index (χ1) is 18.1. The molecule has 0 unspecified atom stereocenters. The standard InChI is InChI=1S/C30H37F3N2O3/c1-18(30(36)37)17-35-19(2)14-24-23-16-22(32)7-6-21(23)15-25(24)29(35)28-20(3)27(9-8-26(28)33)38-13-12-34(4)11-5-10-31/h6-9,16,18-19,29H,5,10-15,17H2,1-4H3,(H,36,37)/t18-,19+,29-/m0/s1. The number of likely N-dealkylation sites (N-methyl/N-ethyl adjacent to an activating group) is 1. The predicted octanol–water partition coefficient (Wildman–Crippen LogP) is 5.81. The van der Waals surface area contributed by atoms with Crippen LogP contribution in [-0.4, -0.2) is 66.9 Å². The molecule has 0 amide bonds. The van der Waals surface area contributed by atoms with Gasteiger partial charge >= 0.3 is 5.97 Å². The molecule has 2 aliphatic rings. The zero-order chi connectivity index (χ0) is 27.6. The van der Waals surface area contributed by atoms with E-state index < -0.39 is 17.9 Å². The Hall–Kier alpha value is -2.84. The van der Waals surface area contributed by atoms with Crippen molar-refractivity contribution in [2.24, 2.45) is 5.92 Å². The molecule has 1 aliphatic carbocycles. The maximum Gasteiger partial charge on any atom is 0.307 e. The highest BCUT2D eigenvalue weighted by atomic mass is 19.1. The molecule has 2 aromatic carbocycles. The lowest BCUT2D eigenvalue weighted by Crippen LogP contribution is -2.45. The van der Waals surface area contributed by atoms with E-state index in [0.29, 0.717) is 55.8 Å². The fraction of sp³-hybridized carbons (Fsp3) is 0.500. The molecule has 206 valence electrons. The van der Waals surface area contributed by atoms with Crippen LogP contribution in [0.15, 0.2) is 35.9 Å². The normalized spacial score (nSPS) is 20.0. The molecule has 0 aromatic heterocycles. The summed E-state index contributed by atoms with van der Waals surface area (Å²) in [6.45, 7) is 7.01. The number of ether oxygens (including phenoxy) is 1. The molecule has 1 aliphatic heterocycles. The van der Waals surface area contributed by atoms with Crippen molar-refractivity contribution in [3.8, 4) is 5.75 Å². The lowest BCUT2D eigenvalue weighted by Gasteiger charge is -2.43. The number of aliphatic carboxylic acids is 1. The number of carboxylic acid groups (broad SMARTS) is 1. The number of hydrogen-bond acceptors (Lipinski definition) is 4. The summed E-state index contributed by atoms with van der Waals surface area (Å²) in [5.41, 5.74) is 5.02. The number of benzene rings is 2. The monoisotopic (exact) mass is 530 g/mol. The van der Waals surface area contributed by atoms with Crippen LogP contribution in [0.5, 0.6) is 5.75 Å². The number of halogens is 3. The van der Waals surface area contributed by atoms with Crippen molar-refractivity contribution < 1.29 is 27.8 Å². The lowest BCUT2D eigenvalue weighted by molar-refractivity contribution is -0.142. The fourth-order valence-electron chi connectivity index (χ4n) is 5.78. The van der Waals surface area contributed by atoms with Crippen LogP contribution in [0, 0.1) is 24.5 Å². The van der Waals surface area contributed by atoms with Gasteiger partial charge in [-0.25, -0.2) is 8.78 Å². The summed E-state index contributed by atoms with van der Waals surface area (Å²) in [6.07, 6.45) is 1.66. The number of nitrogens with zero attached hydrogens (tertiary/aromatic N) is 2. The van der Waals surface area contributed by atoms with E-state index in [1.165, 1.54) is 12.1 Å². The number of carbonyl (C=O) groups is 1. The molecule has 4 rings (SSSR count). The van der Waals surface area contributed by atoms with Gasteiger partial charge in [-0.1, -0.05) is 13.0 Å². The molecule has 0 fully saturated rings. The summed E-state index contributed by atoms with van der Waals surface area (Å²) >= 11 is 0. The summed E-state index contributed by atoms with van der Waals surface area (Å²) in [6, 6.07) is 7.25. The second kappa shape index (κ2) is 11.9. The third kappa shape index (κ3) is 5.76. The van der Waals surface area contributed by atoms with Crippen LogP contribution in [0.2, 0.25) is 0 Å². The van der Waals surface area contributed by atoms with Crippen molar-refractivity contribution in [3.05, 3.63) is 69.8 Å². The van der Waals surface area contributed by atoms with Gasteiger partial charge in [-0.3, -0.25) is 14.1 Å². The van der Waals surface area contributed by atoms with Gasteiger partial charge in [0.25, 0.3) is 0 Å². The van der Waals surface area contributed by atoms with Gasteiger partial charge in [0.2, 0.25) is 0 Å². The van der Waals surface area contributed by atoms with Crippen molar-refractivity contribution in [1.82, 2.24) is 9.80 Å². The van der Waals surface area contributed by atoms with Crippen LogP contribution < -0.4 is 4.74 Å². The van der Waals surface area contributed by atoms with E-state index in [9.17, 15) is 18.7 Å². The van der Waals surface area contributed by atoms with Crippen molar-refractivity contribution in [2.75, 3.05) is 40.0 Å². The number of alkyl halides is 1. The first-order valence-electron chi connectivity index (χ1n) is 13.3. The van der Waals surface area contributed by atoms with Crippen LogP contribution in [-0.2, 0) is 11.2 Å². The molecule has 3 atom stereocenters. The van der Waals surface area contributed by atoms with Crippen LogP contribution in [0.3, 0.4) is 0 Å². The minimum atomic E-state index is -0.904. The summed E-state index contributed by atoms with van der Waals surface area (Å²) in [5, 5.41) is 9.67. The lowest BCUT2D eigenvalue weighted by atomic mass is 9.83. The molecule has 0 saturated carbocycles. The van der Waals surface area contributed by atoms with E-state index >= 15 is 4.39 Å². The number of hydrogen-bond donors (Lipinski definition) is 1. The van der Waals surface area contributed by atoms with Crippen molar-refractivity contribution >= 4 is 11.5 Å². The van der Waals surface area contributed by atoms with Gasteiger partial charge in [0.15, 0.2) is 0 Å². The van der Waals surface area contributed by atoms with E-state index in [2.05, 4.69) is 4.90 Å². The van der Waals surface area contributed by atoms with Crippen molar-refractivity contribution in [3.63, 3.8) is 0 Å². The fourth-order valence-corrected chi connectivity index (χ4v) is 5.78. The van der Waals surface area contributed by atoms with E-state index in [1.807, 2.05) is 25.8 Å². The topological polar surface area (TPSA) is 53.0 Å². The molecule has 38 heavy (non-hydrogen) atoms. The molecule has 0 spiro atoms. The first-order valence-corrected chi connectivity index (χ1v) is 13.3. The van der Waals surface area contributed by atoms with Gasteiger partial charge in [-0.05, 0) is 92.3 Å².